The molecule has 2 saturated heterocycles. The van der Waals surface area contributed by atoms with Crippen LogP contribution in [-0.4, -0.2) is 66.1 Å². The summed E-state index contributed by atoms with van der Waals surface area (Å²) in [5.41, 5.74) is 0.727. The summed E-state index contributed by atoms with van der Waals surface area (Å²) in [6.07, 6.45) is 4.61. The number of likely N-dealkylation sites (tertiary alicyclic amines) is 2. The van der Waals surface area contributed by atoms with Crippen molar-refractivity contribution in [2.75, 3.05) is 45.8 Å². The molecule has 6 rings (SSSR count). The molecule has 2 aromatic carbocycles. The maximum atomic E-state index is 14.1. The molecule has 0 saturated carbocycles. The van der Waals surface area contributed by atoms with Crippen molar-refractivity contribution >= 4 is 28.1 Å². The molecule has 2 aromatic heterocycles. The SMILES string of the molecule is CCN1CCC(CNC(=O)Cc2ccc3c4oc(=O)c(=O)oc4n(C4CCN(CCc5ccccc5F)CC4)c3c2)CC1. The number of hydrogen-bond acceptors (Lipinski definition) is 7. The van der Waals surface area contributed by atoms with E-state index < -0.39 is 11.3 Å². The standard InChI is InChI=1S/C33H39FN4O5/c1-2-36-14-9-22(10-15-36)21-35-29(39)20-23-7-8-26-28(19-23)38(31-30(26)42-32(40)33(41)43-31)25-12-17-37(18-13-25)16-11-24-5-3-4-6-27(24)34/h3-8,19,22,25H,2,9-18,20-21H2,1H3,(H,35,39). The molecule has 0 radical (unpaired) electrons. The summed E-state index contributed by atoms with van der Waals surface area (Å²) in [7, 11) is 0. The maximum Gasteiger partial charge on any atom is 0.424 e. The molecule has 1 amide bonds. The van der Waals surface area contributed by atoms with Gasteiger partial charge in [-0.05, 0) is 87.0 Å². The average Bonchev–Trinajstić information content (AvgIpc) is 3.32. The second-order valence-corrected chi connectivity index (χ2v) is 11.9. The number of nitrogens with zero attached hydrogens (tertiary/aromatic N) is 3. The number of nitrogens with one attached hydrogen (secondary N) is 1. The van der Waals surface area contributed by atoms with Gasteiger partial charge in [-0.3, -0.25) is 4.79 Å². The molecular weight excluding hydrogens is 551 g/mol. The van der Waals surface area contributed by atoms with Crippen LogP contribution in [0.5, 0.6) is 0 Å². The van der Waals surface area contributed by atoms with Crippen molar-refractivity contribution in [2.45, 2.75) is 51.5 Å². The van der Waals surface area contributed by atoms with Crippen LogP contribution in [0.2, 0.25) is 0 Å². The van der Waals surface area contributed by atoms with Gasteiger partial charge in [0.15, 0.2) is 0 Å². The van der Waals surface area contributed by atoms with Gasteiger partial charge in [-0.15, -0.1) is 0 Å². The predicted octanol–water partition coefficient (Wildman–Crippen LogP) is 4.11. The van der Waals surface area contributed by atoms with Gasteiger partial charge in [-0.1, -0.05) is 31.2 Å². The first-order valence-corrected chi connectivity index (χ1v) is 15.4. The Hall–Kier alpha value is -3.76. The molecule has 1 N–H and O–H groups in total. The van der Waals surface area contributed by atoms with Gasteiger partial charge < -0.3 is 28.5 Å². The van der Waals surface area contributed by atoms with Crippen LogP contribution in [0.3, 0.4) is 0 Å². The lowest BCUT2D eigenvalue weighted by molar-refractivity contribution is -0.120. The Labute approximate surface area is 249 Å². The zero-order valence-corrected chi connectivity index (χ0v) is 24.6. The molecule has 4 heterocycles. The molecule has 0 atom stereocenters. The number of rotatable bonds is 9. The Bertz CT molecular complexity index is 1710. The molecule has 0 spiro atoms. The molecule has 2 fully saturated rings. The zero-order chi connectivity index (χ0) is 29.9. The highest BCUT2D eigenvalue weighted by Gasteiger charge is 2.27. The monoisotopic (exact) mass is 590 g/mol. The Kier molecular flexibility index (Phi) is 8.76. The smallest absolute Gasteiger partial charge is 0.412 e. The van der Waals surface area contributed by atoms with Gasteiger partial charge >= 0.3 is 11.3 Å². The highest BCUT2D eigenvalue weighted by molar-refractivity contribution is 6.03. The number of piperidine rings is 2. The average molecular weight is 591 g/mol. The molecule has 2 aliphatic rings. The number of amides is 1. The van der Waals surface area contributed by atoms with Gasteiger partial charge in [0.05, 0.1) is 11.9 Å². The lowest BCUT2D eigenvalue weighted by Crippen LogP contribution is -2.38. The van der Waals surface area contributed by atoms with Gasteiger partial charge in [0.1, 0.15) is 5.82 Å². The van der Waals surface area contributed by atoms with E-state index in [0.29, 0.717) is 29.8 Å². The van der Waals surface area contributed by atoms with Crippen LogP contribution in [0.15, 0.2) is 60.9 Å². The lowest BCUT2D eigenvalue weighted by atomic mass is 9.96. The van der Waals surface area contributed by atoms with Gasteiger partial charge in [-0.25, -0.2) is 14.0 Å². The summed E-state index contributed by atoms with van der Waals surface area (Å²) in [4.78, 5) is 42.0. The lowest BCUT2D eigenvalue weighted by Gasteiger charge is -2.33. The number of halogens is 1. The third kappa shape index (κ3) is 6.45. The van der Waals surface area contributed by atoms with Gasteiger partial charge in [0, 0.05) is 37.6 Å². The fourth-order valence-electron chi connectivity index (χ4n) is 6.63. The Balaban J connectivity index is 1.18. The minimum absolute atomic E-state index is 0.00127. The van der Waals surface area contributed by atoms with Crippen LogP contribution in [0.25, 0.3) is 22.2 Å². The first kappa shape index (κ1) is 29.3. The van der Waals surface area contributed by atoms with E-state index in [4.69, 9.17) is 8.83 Å². The summed E-state index contributed by atoms with van der Waals surface area (Å²) in [5, 5.41) is 3.79. The van der Waals surface area contributed by atoms with E-state index in [2.05, 4.69) is 22.0 Å². The maximum absolute atomic E-state index is 14.1. The van der Waals surface area contributed by atoms with Crippen LogP contribution >= 0.6 is 0 Å². The third-order valence-corrected chi connectivity index (χ3v) is 9.21. The first-order valence-electron chi connectivity index (χ1n) is 15.4. The molecule has 2 aliphatic heterocycles. The van der Waals surface area contributed by atoms with Crippen molar-refractivity contribution in [2.24, 2.45) is 5.92 Å². The van der Waals surface area contributed by atoms with Crippen molar-refractivity contribution in [3.05, 3.63) is 80.2 Å². The molecule has 43 heavy (non-hydrogen) atoms. The minimum atomic E-state index is -1.04. The topological polar surface area (TPSA) is 101 Å². The second-order valence-electron chi connectivity index (χ2n) is 11.9. The predicted molar refractivity (Wildman–Crippen MR) is 163 cm³/mol. The second kappa shape index (κ2) is 12.9. The Morgan fingerprint density at radius 2 is 1.67 bits per heavy atom. The van der Waals surface area contributed by atoms with Gasteiger partial charge in [0.2, 0.25) is 17.2 Å². The summed E-state index contributed by atoms with van der Waals surface area (Å²) >= 11 is 0. The van der Waals surface area contributed by atoms with E-state index in [-0.39, 0.29) is 35.5 Å². The van der Waals surface area contributed by atoms with Crippen molar-refractivity contribution in [1.82, 2.24) is 19.7 Å². The van der Waals surface area contributed by atoms with Crippen LogP contribution in [-0.2, 0) is 17.6 Å². The summed E-state index contributed by atoms with van der Waals surface area (Å²) in [6.45, 7) is 8.43. The third-order valence-electron chi connectivity index (χ3n) is 9.21. The number of carbonyl (C=O) groups excluding carboxylic acids is 1. The largest absolute Gasteiger partial charge is 0.424 e. The van der Waals surface area contributed by atoms with E-state index in [0.717, 1.165) is 76.0 Å². The van der Waals surface area contributed by atoms with Gasteiger partial charge in [-0.2, -0.15) is 0 Å². The quantitative estimate of drug-likeness (QED) is 0.293. The number of fused-ring (bicyclic) bond motifs is 3. The highest BCUT2D eigenvalue weighted by atomic mass is 19.1. The number of benzene rings is 2. The summed E-state index contributed by atoms with van der Waals surface area (Å²) in [6, 6.07) is 12.5. The van der Waals surface area contributed by atoms with E-state index in [1.807, 2.05) is 34.9 Å². The van der Waals surface area contributed by atoms with Crippen molar-refractivity contribution < 1.29 is 18.0 Å². The summed E-state index contributed by atoms with van der Waals surface area (Å²) < 4.78 is 27.0. The molecular formula is C33H39FN4O5. The molecule has 4 aromatic rings. The van der Waals surface area contributed by atoms with Crippen LogP contribution in [0.4, 0.5) is 4.39 Å². The molecule has 10 heteroatoms. The van der Waals surface area contributed by atoms with E-state index in [1.54, 1.807) is 6.07 Å². The zero-order valence-electron chi connectivity index (χ0n) is 24.6. The van der Waals surface area contributed by atoms with Crippen molar-refractivity contribution in [1.29, 1.82) is 0 Å². The first-order chi connectivity index (χ1) is 20.9. The highest BCUT2D eigenvalue weighted by Crippen LogP contribution is 2.35. The molecule has 0 unspecified atom stereocenters. The van der Waals surface area contributed by atoms with E-state index in [1.165, 1.54) is 6.07 Å². The van der Waals surface area contributed by atoms with Crippen LogP contribution in [0, 0.1) is 11.7 Å². The fraction of sp³-hybridized carbons (Fsp3) is 0.485. The molecule has 0 aliphatic carbocycles. The van der Waals surface area contributed by atoms with Crippen LogP contribution < -0.4 is 16.6 Å². The summed E-state index contributed by atoms with van der Waals surface area (Å²) in [5.74, 6) is 0.294. The van der Waals surface area contributed by atoms with Crippen LogP contribution in [0.1, 0.15) is 49.8 Å². The molecule has 0 bridgehead atoms. The normalized spacial score (nSPS) is 17.6. The molecule has 228 valence electrons. The number of carbonyl (C=O) groups is 1. The van der Waals surface area contributed by atoms with E-state index >= 15 is 0 Å². The Morgan fingerprint density at radius 1 is 0.953 bits per heavy atom. The van der Waals surface area contributed by atoms with Gasteiger partial charge in [0.25, 0.3) is 0 Å². The number of aromatic nitrogens is 1. The molecule has 9 nitrogen and oxygen atoms in total. The fourth-order valence-corrected chi connectivity index (χ4v) is 6.63. The van der Waals surface area contributed by atoms with E-state index in [9.17, 15) is 18.8 Å². The van der Waals surface area contributed by atoms with Crippen molar-refractivity contribution in [3.63, 3.8) is 0 Å². The Morgan fingerprint density at radius 3 is 2.42 bits per heavy atom. The van der Waals surface area contributed by atoms with Crippen molar-refractivity contribution in [3.8, 4) is 0 Å². The number of hydrogen-bond donors (Lipinski definition) is 1. The minimum Gasteiger partial charge on any atom is -0.412 e.